The summed E-state index contributed by atoms with van der Waals surface area (Å²) in [5, 5.41) is 3.33. The average molecular weight is 333 g/mol. The number of carbonyl (C=O) groups excluding carboxylic acids is 1. The van der Waals surface area contributed by atoms with Crippen LogP contribution in [0.5, 0.6) is 11.5 Å². The highest BCUT2D eigenvalue weighted by molar-refractivity contribution is 5.85. The van der Waals surface area contributed by atoms with E-state index in [1.807, 2.05) is 19.1 Å². The van der Waals surface area contributed by atoms with Gasteiger partial charge in [0.05, 0.1) is 7.11 Å². The van der Waals surface area contributed by atoms with Gasteiger partial charge >= 0.3 is 0 Å². The molecule has 0 fully saturated rings. The third-order valence-electron chi connectivity index (χ3n) is 2.77. The van der Waals surface area contributed by atoms with Crippen molar-refractivity contribution < 1.29 is 19.0 Å². The van der Waals surface area contributed by atoms with E-state index in [9.17, 15) is 4.79 Å². The molecule has 3 N–H and O–H groups in total. The molecule has 7 heteroatoms. The maximum Gasteiger partial charge on any atom is 0.255 e. The largest absolute Gasteiger partial charge is 0.493 e. The van der Waals surface area contributed by atoms with E-state index in [4.69, 9.17) is 19.9 Å². The summed E-state index contributed by atoms with van der Waals surface area (Å²) in [5.74, 6) is 0.582. The van der Waals surface area contributed by atoms with Gasteiger partial charge in [0.2, 0.25) is 0 Å². The first kappa shape index (κ1) is 20.5. The summed E-state index contributed by atoms with van der Waals surface area (Å²) in [6.45, 7) is 4.98. The fraction of sp³-hybridized carbons (Fsp3) is 0.533. The number of methoxy groups -OCH3 is 1. The Labute approximate surface area is 137 Å². The number of nitrogens with two attached hydrogens (primary N) is 1. The van der Waals surface area contributed by atoms with Crippen LogP contribution in [0.4, 0.5) is 0 Å². The van der Waals surface area contributed by atoms with Crippen LogP contribution in [-0.2, 0) is 16.1 Å². The van der Waals surface area contributed by atoms with Crippen molar-refractivity contribution in [3.63, 3.8) is 0 Å². The molecule has 1 aromatic carbocycles. The Balaban J connectivity index is 0.00000441. The highest BCUT2D eigenvalue weighted by Gasteiger charge is 2.07. The third-order valence-corrected chi connectivity index (χ3v) is 2.77. The molecule has 0 bridgehead atoms. The molecule has 0 unspecified atom stereocenters. The van der Waals surface area contributed by atoms with Crippen molar-refractivity contribution >= 4 is 18.3 Å². The molecule has 0 aliphatic heterocycles. The van der Waals surface area contributed by atoms with Gasteiger partial charge in [0.1, 0.15) is 0 Å². The van der Waals surface area contributed by atoms with Gasteiger partial charge in [-0.15, -0.1) is 12.4 Å². The summed E-state index contributed by atoms with van der Waals surface area (Å²) in [7, 11) is 1.56. The SMILES string of the molecule is CCOCCCNCc1ccc(OCC(N)=O)c(OC)c1.Cl. The Bertz CT molecular complexity index is 444. The Kier molecular flexibility index (Phi) is 11.3. The molecule has 126 valence electrons. The van der Waals surface area contributed by atoms with Crippen LogP contribution < -0.4 is 20.5 Å². The second kappa shape index (κ2) is 12.1. The van der Waals surface area contributed by atoms with Crippen LogP contribution >= 0.6 is 12.4 Å². The second-order valence-electron chi connectivity index (χ2n) is 4.47. The van der Waals surface area contributed by atoms with E-state index in [0.717, 1.165) is 38.3 Å². The molecule has 1 rings (SSSR count). The molecule has 0 aromatic heterocycles. The minimum Gasteiger partial charge on any atom is -0.493 e. The number of primary amides is 1. The van der Waals surface area contributed by atoms with Gasteiger partial charge in [0.25, 0.3) is 5.91 Å². The molecule has 0 spiro atoms. The molecule has 0 atom stereocenters. The van der Waals surface area contributed by atoms with Crippen molar-refractivity contribution in [2.24, 2.45) is 5.73 Å². The van der Waals surface area contributed by atoms with E-state index in [1.54, 1.807) is 13.2 Å². The van der Waals surface area contributed by atoms with Crippen molar-refractivity contribution in [2.75, 3.05) is 33.5 Å². The lowest BCUT2D eigenvalue weighted by Crippen LogP contribution is -2.20. The maximum absolute atomic E-state index is 10.7. The molecule has 0 aliphatic rings. The lowest BCUT2D eigenvalue weighted by molar-refractivity contribution is -0.119. The lowest BCUT2D eigenvalue weighted by atomic mass is 10.2. The van der Waals surface area contributed by atoms with Crippen molar-refractivity contribution in [1.29, 1.82) is 0 Å². The van der Waals surface area contributed by atoms with E-state index in [2.05, 4.69) is 5.32 Å². The minimum atomic E-state index is -0.517. The van der Waals surface area contributed by atoms with Crippen molar-refractivity contribution in [3.05, 3.63) is 23.8 Å². The highest BCUT2D eigenvalue weighted by Crippen LogP contribution is 2.27. The zero-order valence-corrected chi connectivity index (χ0v) is 13.9. The second-order valence-corrected chi connectivity index (χ2v) is 4.47. The fourth-order valence-electron chi connectivity index (χ4n) is 1.77. The molecule has 22 heavy (non-hydrogen) atoms. The molecule has 0 aliphatic carbocycles. The summed E-state index contributed by atoms with van der Waals surface area (Å²) in [4.78, 5) is 10.7. The van der Waals surface area contributed by atoms with Crippen LogP contribution in [0.25, 0.3) is 0 Å². The predicted molar refractivity (Wildman–Crippen MR) is 87.7 cm³/mol. The lowest BCUT2D eigenvalue weighted by Gasteiger charge is -2.11. The van der Waals surface area contributed by atoms with Gasteiger partial charge in [0, 0.05) is 19.8 Å². The first-order valence-electron chi connectivity index (χ1n) is 7.03. The number of amides is 1. The summed E-state index contributed by atoms with van der Waals surface area (Å²) >= 11 is 0. The molecular weight excluding hydrogens is 308 g/mol. The normalized spacial score (nSPS) is 9.91. The highest BCUT2D eigenvalue weighted by atomic mass is 35.5. The predicted octanol–water partition coefficient (Wildman–Crippen LogP) is 1.50. The average Bonchev–Trinajstić information content (AvgIpc) is 2.49. The number of halogens is 1. The number of rotatable bonds is 11. The topological polar surface area (TPSA) is 82.8 Å². The number of benzene rings is 1. The molecule has 0 saturated carbocycles. The number of carbonyl (C=O) groups is 1. The zero-order chi connectivity index (χ0) is 15.5. The van der Waals surface area contributed by atoms with Gasteiger partial charge in [-0.2, -0.15) is 0 Å². The molecular formula is C15H25ClN2O4. The van der Waals surface area contributed by atoms with Crippen molar-refractivity contribution in [3.8, 4) is 11.5 Å². The fourth-order valence-corrected chi connectivity index (χ4v) is 1.77. The zero-order valence-electron chi connectivity index (χ0n) is 13.1. The number of hydrogen-bond donors (Lipinski definition) is 2. The number of hydrogen-bond acceptors (Lipinski definition) is 5. The first-order valence-corrected chi connectivity index (χ1v) is 7.03. The molecule has 0 saturated heterocycles. The monoisotopic (exact) mass is 332 g/mol. The van der Waals surface area contributed by atoms with Gasteiger partial charge in [-0.1, -0.05) is 6.07 Å². The summed E-state index contributed by atoms with van der Waals surface area (Å²) in [6.07, 6.45) is 0.977. The third kappa shape index (κ3) is 8.07. The Morgan fingerprint density at radius 1 is 1.32 bits per heavy atom. The standard InChI is InChI=1S/C15H24N2O4.ClH/c1-3-20-8-4-7-17-10-12-5-6-13(14(9-12)19-2)21-11-15(16)18;/h5-6,9,17H,3-4,7-8,10-11H2,1-2H3,(H2,16,18);1H. The maximum atomic E-state index is 10.7. The Morgan fingerprint density at radius 2 is 2.09 bits per heavy atom. The van der Waals surface area contributed by atoms with Crippen LogP contribution in [-0.4, -0.2) is 39.4 Å². The van der Waals surface area contributed by atoms with E-state index < -0.39 is 5.91 Å². The number of ether oxygens (including phenoxy) is 3. The summed E-state index contributed by atoms with van der Waals surface area (Å²) < 4.78 is 15.8. The van der Waals surface area contributed by atoms with Gasteiger partial charge in [-0.3, -0.25) is 4.79 Å². The van der Waals surface area contributed by atoms with Crippen molar-refractivity contribution in [2.45, 2.75) is 19.9 Å². The molecule has 0 radical (unpaired) electrons. The molecule has 0 heterocycles. The van der Waals surface area contributed by atoms with Crippen molar-refractivity contribution in [1.82, 2.24) is 5.32 Å². The molecule has 6 nitrogen and oxygen atoms in total. The first-order chi connectivity index (χ1) is 10.2. The van der Waals surface area contributed by atoms with Crippen LogP contribution in [0.2, 0.25) is 0 Å². The van der Waals surface area contributed by atoms with Gasteiger partial charge in [-0.25, -0.2) is 0 Å². The van der Waals surface area contributed by atoms with Crippen LogP contribution in [0.1, 0.15) is 18.9 Å². The molecule has 1 aromatic rings. The van der Waals surface area contributed by atoms with E-state index in [1.165, 1.54) is 0 Å². The minimum absolute atomic E-state index is 0. The quantitative estimate of drug-likeness (QED) is 0.600. The Hall–Kier alpha value is -1.50. The van der Waals surface area contributed by atoms with Crippen LogP contribution in [0.3, 0.4) is 0 Å². The summed E-state index contributed by atoms with van der Waals surface area (Å²) in [5.41, 5.74) is 6.13. The molecule has 1 amide bonds. The van der Waals surface area contributed by atoms with Crippen LogP contribution in [0, 0.1) is 0 Å². The van der Waals surface area contributed by atoms with Crippen LogP contribution in [0.15, 0.2) is 18.2 Å². The van der Waals surface area contributed by atoms with E-state index in [-0.39, 0.29) is 19.0 Å². The van der Waals surface area contributed by atoms with E-state index in [0.29, 0.717) is 11.5 Å². The van der Waals surface area contributed by atoms with Gasteiger partial charge < -0.3 is 25.3 Å². The summed E-state index contributed by atoms with van der Waals surface area (Å²) in [6, 6.07) is 5.58. The van der Waals surface area contributed by atoms with Gasteiger partial charge in [0.15, 0.2) is 18.1 Å². The van der Waals surface area contributed by atoms with E-state index >= 15 is 0 Å². The van der Waals surface area contributed by atoms with Gasteiger partial charge in [-0.05, 0) is 37.6 Å². The smallest absolute Gasteiger partial charge is 0.255 e. The number of nitrogens with one attached hydrogen (secondary N) is 1. The Morgan fingerprint density at radius 3 is 2.73 bits per heavy atom.